The first-order valence-corrected chi connectivity index (χ1v) is 5.45. The second-order valence-corrected chi connectivity index (χ2v) is 4.11. The molecule has 0 spiro atoms. The van der Waals surface area contributed by atoms with E-state index in [-0.39, 0.29) is 5.56 Å². The SMILES string of the molecule is CSc1nc2nc(N)sc2c(=O)[nH]1. The molecule has 0 aliphatic rings. The molecule has 2 aromatic rings. The number of aromatic amines is 1. The van der Waals surface area contributed by atoms with E-state index in [1.54, 1.807) is 0 Å². The summed E-state index contributed by atoms with van der Waals surface area (Å²) in [6, 6.07) is 0. The molecule has 2 rings (SSSR count). The zero-order valence-corrected chi connectivity index (χ0v) is 8.33. The molecule has 5 nitrogen and oxygen atoms in total. The summed E-state index contributed by atoms with van der Waals surface area (Å²) in [5, 5.41) is 0.925. The average molecular weight is 214 g/mol. The van der Waals surface area contributed by atoms with E-state index < -0.39 is 0 Å². The molecule has 0 bridgehead atoms. The summed E-state index contributed by atoms with van der Waals surface area (Å²) < 4.78 is 0.482. The maximum Gasteiger partial charge on any atom is 0.271 e. The normalized spacial score (nSPS) is 10.8. The molecule has 0 radical (unpaired) electrons. The summed E-state index contributed by atoms with van der Waals surface area (Å²) in [6.45, 7) is 0. The van der Waals surface area contributed by atoms with Gasteiger partial charge in [0.2, 0.25) is 0 Å². The minimum atomic E-state index is -0.177. The third-order valence-electron chi connectivity index (χ3n) is 1.45. The zero-order chi connectivity index (χ0) is 9.42. The number of H-pyrrole nitrogens is 1. The van der Waals surface area contributed by atoms with Crippen molar-refractivity contribution < 1.29 is 0 Å². The number of anilines is 1. The predicted molar refractivity (Wildman–Crippen MR) is 54.2 cm³/mol. The second-order valence-electron chi connectivity index (χ2n) is 2.28. The van der Waals surface area contributed by atoms with Gasteiger partial charge in [-0.3, -0.25) is 4.79 Å². The summed E-state index contributed by atoms with van der Waals surface area (Å²) in [6.07, 6.45) is 1.83. The Morgan fingerprint density at radius 1 is 1.54 bits per heavy atom. The van der Waals surface area contributed by atoms with Crippen LogP contribution < -0.4 is 11.3 Å². The third-order valence-corrected chi connectivity index (χ3v) is 2.91. The minimum absolute atomic E-state index is 0.177. The van der Waals surface area contributed by atoms with Gasteiger partial charge in [-0.25, -0.2) is 9.97 Å². The number of nitrogens with zero attached hydrogens (tertiary/aromatic N) is 2. The van der Waals surface area contributed by atoms with Crippen LogP contribution in [0.15, 0.2) is 9.95 Å². The van der Waals surface area contributed by atoms with E-state index in [0.29, 0.717) is 20.6 Å². The number of aromatic nitrogens is 3. The van der Waals surface area contributed by atoms with E-state index in [4.69, 9.17) is 5.73 Å². The van der Waals surface area contributed by atoms with Crippen molar-refractivity contribution in [2.24, 2.45) is 0 Å². The van der Waals surface area contributed by atoms with Crippen molar-refractivity contribution in [2.45, 2.75) is 5.16 Å². The number of hydrogen-bond acceptors (Lipinski definition) is 6. The van der Waals surface area contributed by atoms with Crippen LogP contribution in [0.2, 0.25) is 0 Å². The fraction of sp³-hybridized carbons (Fsp3) is 0.167. The highest BCUT2D eigenvalue weighted by atomic mass is 32.2. The van der Waals surface area contributed by atoms with Crippen LogP contribution in [-0.2, 0) is 0 Å². The maximum absolute atomic E-state index is 11.4. The number of hydrogen-bond donors (Lipinski definition) is 2. The molecule has 2 heterocycles. The zero-order valence-electron chi connectivity index (χ0n) is 6.70. The first kappa shape index (κ1) is 8.52. The number of nitrogen functional groups attached to an aromatic ring is 1. The van der Waals surface area contributed by atoms with Crippen molar-refractivity contribution in [1.29, 1.82) is 0 Å². The molecule has 0 saturated carbocycles. The molecule has 0 atom stereocenters. The Bertz CT molecular complexity index is 503. The highest BCUT2D eigenvalue weighted by Gasteiger charge is 2.07. The topological polar surface area (TPSA) is 84.7 Å². The van der Waals surface area contributed by atoms with Crippen LogP contribution in [0.4, 0.5) is 5.13 Å². The van der Waals surface area contributed by atoms with Gasteiger partial charge < -0.3 is 10.7 Å². The van der Waals surface area contributed by atoms with Crippen LogP contribution in [0, 0.1) is 0 Å². The summed E-state index contributed by atoms with van der Waals surface area (Å²) in [7, 11) is 0. The van der Waals surface area contributed by atoms with Crippen LogP contribution in [-0.4, -0.2) is 21.2 Å². The van der Waals surface area contributed by atoms with E-state index in [1.165, 1.54) is 11.8 Å². The fourth-order valence-electron chi connectivity index (χ4n) is 0.927. The molecule has 3 N–H and O–H groups in total. The van der Waals surface area contributed by atoms with Crippen molar-refractivity contribution >= 4 is 38.6 Å². The number of fused-ring (bicyclic) bond motifs is 1. The molecule has 13 heavy (non-hydrogen) atoms. The van der Waals surface area contributed by atoms with Crippen molar-refractivity contribution in [3.8, 4) is 0 Å². The largest absolute Gasteiger partial charge is 0.375 e. The lowest BCUT2D eigenvalue weighted by atomic mass is 10.6. The second kappa shape index (κ2) is 3.00. The molecule has 0 aliphatic heterocycles. The first-order chi connectivity index (χ1) is 6.20. The van der Waals surface area contributed by atoms with Crippen LogP contribution >= 0.6 is 23.1 Å². The van der Waals surface area contributed by atoms with Gasteiger partial charge >= 0.3 is 0 Å². The van der Waals surface area contributed by atoms with E-state index in [0.717, 1.165) is 11.3 Å². The standard InChI is InChI=1S/C6H6N4OS2/c1-12-6-9-3-2(4(11)10-6)13-5(7)8-3/h1H3,(H3,7,8,9,10,11). The van der Waals surface area contributed by atoms with Gasteiger partial charge in [-0.2, -0.15) is 0 Å². The van der Waals surface area contributed by atoms with Crippen LogP contribution in [0.5, 0.6) is 0 Å². The maximum atomic E-state index is 11.4. The van der Waals surface area contributed by atoms with Gasteiger partial charge in [0.25, 0.3) is 5.56 Å². The molecule has 2 aromatic heterocycles. The Labute approximate surface area is 81.4 Å². The highest BCUT2D eigenvalue weighted by Crippen LogP contribution is 2.19. The summed E-state index contributed by atoms with van der Waals surface area (Å²) >= 11 is 2.51. The van der Waals surface area contributed by atoms with Crippen molar-refractivity contribution in [3.05, 3.63) is 10.4 Å². The van der Waals surface area contributed by atoms with Crippen molar-refractivity contribution in [2.75, 3.05) is 12.0 Å². The number of nitrogens with two attached hydrogens (primary N) is 1. The van der Waals surface area contributed by atoms with Gasteiger partial charge in [0, 0.05) is 0 Å². The van der Waals surface area contributed by atoms with Crippen LogP contribution in [0.25, 0.3) is 10.3 Å². The van der Waals surface area contributed by atoms with E-state index in [1.807, 2.05) is 6.26 Å². The Balaban J connectivity index is 2.83. The van der Waals surface area contributed by atoms with Gasteiger partial charge in [0.1, 0.15) is 4.70 Å². The average Bonchev–Trinajstić information content (AvgIpc) is 2.46. The summed E-state index contributed by atoms with van der Waals surface area (Å²) in [5.41, 5.74) is 5.71. The van der Waals surface area contributed by atoms with Gasteiger partial charge in [-0.1, -0.05) is 23.1 Å². The Kier molecular flexibility index (Phi) is 1.97. The lowest BCUT2D eigenvalue weighted by Gasteiger charge is -1.92. The predicted octanol–water partition coefficient (Wildman–Crippen LogP) is 0.684. The molecule has 68 valence electrons. The van der Waals surface area contributed by atoms with Gasteiger partial charge in [0.05, 0.1) is 0 Å². The highest BCUT2D eigenvalue weighted by molar-refractivity contribution is 7.98. The minimum Gasteiger partial charge on any atom is -0.375 e. The Morgan fingerprint density at radius 2 is 2.31 bits per heavy atom. The molecule has 0 unspecified atom stereocenters. The Hall–Kier alpha value is -1.08. The van der Waals surface area contributed by atoms with Crippen LogP contribution in [0.3, 0.4) is 0 Å². The lowest BCUT2D eigenvalue weighted by Crippen LogP contribution is -2.06. The lowest BCUT2D eigenvalue weighted by molar-refractivity contribution is 0.972. The number of rotatable bonds is 1. The third kappa shape index (κ3) is 1.40. The first-order valence-electron chi connectivity index (χ1n) is 3.41. The molecule has 7 heteroatoms. The van der Waals surface area contributed by atoms with Crippen molar-refractivity contribution in [3.63, 3.8) is 0 Å². The molecular weight excluding hydrogens is 208 g/mol. The van der Waals surface area contributed by atoms with Gasteiger partial charge in [-0.15, -0.1) is 0 Å². The summed E-state index contributed by atoms with van der Waals surface area (Å²) in [5.74, 6) is 0. The molecule has 0 saturated heterocycles. The van der Waals surface area contributed by atoms with Gasteiger partial charge in [-0.05, 0) is 6.26 Å². The van der Waals surface area contributed by atoms with Crippen LogP contribution in [0.1, 0.15) is 0 Å². The quantitative estimate of drug-likeness (QED) is 0.538. The molecule has 0 aromatic carbocycles. The number of thioether (sulfide) groups is 1. The van der Waals surface area contributed by atoms with E-state index in [9.17, 15) is 4.79 Å². The van der Waals surface area contributed by atoms with Crippen molar-refractivity contribution in [1.82, 2.24) is 15.0 Å². The monoisotopic (exact) mass is 214 g/mol. The number of thiazole rings is 1. The van der Waals surface area contributed by atoms with E-state index in [2.05, 4.69) is 15.0 Å². The molecule has 0 fully saturated rings. The molecule has 0 aliphatic carbocycles. The fourth-order valence-corrected chi connectivity index (χ4v) is 1.97. The number of nitrogens with one attached hydrogen (secondary N) is 1. The molecule has 0 amide bonds. The Morgan fingerprint density at radius 3 is 3.00 bits per heavy atom. The molecular formula is C6H6N4OS2. The van der Waals surface area contributed by atoms with E-state index >= 15 is 0 Å². The van der Waals surface area contributed by atoms with Gasteiger partial charge in [0.15, 0.2) is 15.9 Å². The summed E-state index contributed by atoms with van der Waals surface area (Å²) in [4.78, 5) is 22.0. The smallest absolute Gasteiger partial charge is 0.271 e.